The van der Waals surface area contributed by atoms with Gasteiger partial charge in [-0.05, 0) is 56.5 Å². The summed E-state index contributed by atoms with van der Waals surface area (Å²) in [6, 6.07) is 9.88. The number of imidazole rings is 1. The first kappa shape index (κ1) is 26.9. The number of ether oxygens (including phenoxy) is 2. The van der Waals surface area contributed by atoms with Crippen molar-refractivity contribution in [2.45, 2.75) is 46.7 Å². The Kier molecular flexibility index (Phi) is 9.16. The van der Waals surface area contributed by atoms with Gasteiger partial charge in [-0.15, -0.1) is 0 Å². The van der Waals surface area contributed by atoms with Gasteiger partial charge in [0.25, 0.3) is 5.91 Å². The number of anilines is 2. The molecule has 2 aromatic carbocycles. The summed E-state index contributed by atoms with van der Waals surface area (Å²) in [4.78, 5) is 21.0. The fraction of sp³-hybridized carbons (Fsp3) is 0.345. The number of carbonyl (C=O) groups excluding carboxylic acids is 1. The Bertz CT molecular complexity index is 1370. The molecule has 0 radical (unpaired) electrons. The summed E-state index contributed by atoms with van der Waals surface area (Å²) in [5, 5.41) is 7.81. The zero-order valence-electron chi connectivity index (χ0n) is 22.3. The molecule has 4 rings (SSSR count). The number of hydrogen-bond acceptors (Lipinski definition) is 7. The van der Waals surface area contributed by atoms with Crippen molar-refractivity contribution in [3.05, 3.63) is 71.9 Å². The number of carbonyl (C=O) groups is 1. The fourth-order valence-electron chi connectivity index (χ4n) is 4.56. The molecule has 0 aliphatic carbocycles. The Balaban J connectivity index is 1.63. The predicted octanol–water partition coefficient (Wildman–Crippen LogP) is 4.81. The number of amides is 1. The van der Waals surface area contributed by atoms with Crippen LogP contribution in [0.5, 0.6) is 11.5 Å². The quantitative estimate of drug-likeness (QED) is 0.206. The first-order valence-electron chi connectivity index (χ1n) is 13.1. The number of fused-ring (bicyclic) bond motifs is 1. The van der Waals surface area contributed by atoms with Crippen molar-refractivity contribution >= 4 is 28.2 Å². The van der Waals surface area contributed by atoms with E-state index in [1.54, 1.807) is 6.20 Å². The van der Waals surface area contributed by atoms with Gasteiger partial charge in [0, 0.05) is 48.8 Å². The lowest BCUT2D eigenvalue weighted by molar-refractivity contribution is 0.100. The topological polar surface area (TPSA) is 116 Å². The second kappa shape index (κ2) is 12.9. The summed E-state index contributed by atoms with van der Waals surface area (Å²) in [5.74, 6) is 0.655. The van der Waals surface area contributed by atoms with E-state index in [0.717, 1.165) is 43.5 Å². The van der Waals surface area contributed by atoms with Crippen LogP contribution in [0.1, 0.15) is 48.7 Å². The number of nitrogens with two attached hydrogens (primary N) is 1. The average Bonchev–Trinajstić information content (AvgIpc) is 3.43. The van der Waals surface area contributed by atoms with Crippen LogP contribution in [0.4, 0.5) is 11.4 Å². The fourth-order valence-corrected chi connectivity index (χ4v) is 4.56. The zero-order valence-corrected chi connectivity index (χ0v) is 22.3. The highest BCUT2D eigenvalue weighted by Gasteiger charge is 2.18. The van der Waals surface area contributed by atoms with Crippen LogP contribution in [-0.4, -0.2) is 40.2 Å². The largest absolute Gasteiger partial charge is 0.490 e. The Morgan fingerprint density at radius 3 is 2.58 bits per heavy atom. The van der Waals surface area contributed by atoms with Crippen LogP contribution in [0.25, 0.3) is 10.9 Å². The number of rotatable bonds is 14. The van der Waals surface area contributed by atoms with Crippen molar-refractivity contribution < 1.29 is 14.3 Å². The molecule has 4 N–H and O–H groups in total. The van der Waals surface area contributed by atoms with Gasteiger partial charge in [-0.2, -0.15) is 0 Å². The van der Waals surface area contributed by atoms with Crippen LogP contribution >= 0.6 is 0 Å². The number of nitrogens with one attached hydrogen (secondary N) is 2. The lowest BCUT2D eigenvalue weighted by atomic mass is 10.0. The second-order valence-electron chi connectivity index (χ2n) is 8.85. The van der Waals surface area contributed by atoms with Gasteiger partial charge in [0.15, 0.2) is 11.5 Å². The van der Waals surface area contributed by atoms with Crippen LogP contribution in [0.3, 0.4) is 0 Å². The average molecular weight is 517 g/mol. The van der Waals surface area contributed by atoms with Crippen LogP contribution < -0.4 is 25.8 Å². The third-order valence-electron chi connectivity index (χ3n) is 6.33. The monoisotopic (exact) mass is 516 g/mol. The molecule has 0 aliphatic rings. The van der Waals surface area contributed by atoms with Gasteiger partial charge in [-0.25, -0.2) is 4.98 Å². The highest BCUT2D eigenvalue weighted by Crippen LogP contribution is 2.38. The van der Waals surface area contributed by atoms with Crippen molar-refractivity contribution in [1.29, 1.82) is 0 Å². The molecule has 0 saturated carbocycles. The molecule has 2 heterocycles. The summed E-state index contributed by atoms with van der Waals surface area (Å²) in [7, 11) is 0. The first-order valence-corrected chi connectivity index (χ1v) is 13.1. The van der Waals surface area contributed by atoms with E-state index in [-0.39, 0.29) is 0 Å². The van der Waals surface area contributed by atoms with Gasteiger partial charge >= 0.3 is 0 Å². The van der Waals surface area contributed by atoms with Crippen molar-refractivity contribution in [2.75, 3.05) is 25.1 Å². The molecule has 2 aromatic heterocycles. The standard InChI is InChI=1S/C29H36N6O3/c1-4-21-20(17-31-11-8-13-35-14-12-32-19-35)9-7-10-24(21)34-28-22-15-26(37-5-2)27(38-6-3)16-25(22)33-18-23(28)29(30)36/h7,9-10,12,14-16,18-19,31H,4-6,8,11,13,17H2,1-3H3,(H2,30,36)(H,33,34). The number of nitrogens with zero attached hydrogens (tertiary/aromatic N) is 3. The molecule has 0 saturated heterocycles. The van der Waals surface area contributed by atoms with Crippen LogP contribution in [0.2, 0.25) is 0 Å². The molecule has 0 unspecified atom stereocenters. The molecule has 0 spiro atoms. The van der Waals surface area contributed by atoms with Gasteiger partial charge < -0.3 is 30.4 Å². The zero-order chi connectivity index (χ0) is 26.9. The van der Waals surface area contributed by atoms with Crippen LogP contribution in [-0.2, 0) is 19.5 Å². The Hall–Kier alpha value is -4.11. The number of hydrogen-bond donors (Lipinski definition) is 3. The van der Waals surface area contributed by atoms with Gasteiger partial charge in [-0.3, -0.25) is 9.78 Å². The number of pyridine rings is 1. The van der Waals surface area contributed by atoms with Gasteiger partial charge in [-0.1, -0.05) is 19.1 Å². The van der Waals surface area contributed by atoms with Crippen LogP contribution in [0, 0.1) is 0 Å². The lowest BCUT2D eigenvalue weighted by Crippen LogP contribution is -2.18. The summed E-state index contributed by atoms with van der Waals surface area (Å²) < 4.78 is 13.7. The second-order valence-corrected chi connectivity index (χ2v) is 8.85. The molecule has 38 heavy (non-hydrogen) atoms. The highest BCUT2D eigenvalue weighted by molar-refractivity contribution is 6.08. The molecule has 1 amide bonds. The van der Waals surface area contributed by atoms with E-state index in [4.69, 9.17) is 15.2 Å². The maximum absolute atomic E-state index is 12.4. The van der Waals surface area contributed by atoms with Gasteiger partial charge in [0.05, 0.1) is 36.3 Å². The SMILES string of the molecule is CCOc1cc2ncc(C(N)=O)c(Nc3cccc(CNCCCn4ccnc4)c3CC)c2cc1OCC. The number of benzene rings is 2. The van der Waals surface area contributed by atoms with E-state index in [9.17, 15) is 4.79 Å². The molecule has 4 aromatic rings. The molecule has 200 valence electrons. The molecule has 0 fully saturated rings. The maximum atomic E-state index is 12.4. The minimum absolute atomic E-state index is 0.314. The Morgan fingerprint density at radius 2 is 1.89 bits per heavy atom. The number of primary amides is 1. The van der Waals surface area contributed by atoms with E-state index in [1.165, 1.54) is 17.3 Å². The maximum Gasteiger partial charge on any atom is 0.252 e. The van der Waals surface area contributed by atoms with Crippen molar-refractivity contribution in [3.8, 4) is 11.5 Å². The normalized spacial score (nSPS) is 11.0. The van der Waals surface area contributed by atoms with Crippen molar-refractivity contribution in [3.63, 3.8) is 0 Å². The van der Waals surface area contributed by atoms with Crippen molar-refractivity contribution in [1.82, 2.24) is 19.9 Å². The smallest absolute Gasteiger partial charge is 0.252 e. The molecule has 0 bridgehead atoms. The molecule has 0 aliphatic heterocycles. The van der Waals surface area contributed by atoms with E-state index in [0.29, 0.717) is 41.5 Å². The highest BCUT2D eigenvalue weighted by atomic mass is 16.5. The molecule has 9 heteroatoms. The molecular weight excluding hydrogens is 480 g/mol. The van der Waals surface area contributed by atoms with E-state index in [1.807, 2.05) is 50.6 Å². The molecule has 9 nitrogen and oxygen atoms in total. The minimum Gasteiger partial charge on any atom is -0.490 e. The summed E-state index contributed by atoms with van der Waals surface area (Å²) in [6.07, 6.45) is 8.95. The molecule has 0 atom stereocenters. The Labute approximate surface area is 223 Å². The molecular formula is C29H36N6O3. The third kappa shape index (κ3) is 6.23. The van der Waals surface area contributed by atoms with Crippen molar-refractivity contribution in [2.24, 2.45) is 5.73 Å². The van der Waals surface area contributed by atoms with Gasteiger partial charge in [0.1, 0.15) is 0 Å². The van der Waals surface area contributed by atoms with E-state index < -0.39 is 5.91 Å². The lowest BCUT2D eigenvalue weighted by Gasteiger charge is -2.19. The minimum atomic E-state index is -0.553. The van der Waals surface area contributed by atoms with Gasteiger partial charge in [0.2, 0.25) is 0 Å². The van der Waals surface area contributed by atoms with E-state index in [2.05, 4.69) is 38.2 Å². The first-order chi connectivity index (χ1) is 18.5. The third-order valence-corrected chi connectivity index (χ3v) is 6.33. The predicted molar refractivity (Wildman–Crippen MR) is 150 cm³/mol. The number of aryl methyl sites for hydroxylation is 1. The van der Waals surface area contributed by atoms with E-state index >= 15 is 0 Å². The van der Waals surface area contributed by atoms with Crippen LogP contribution in [0.15, 0.2) is 55.2 Å². The number of aromatic nitrogens is 3. The summed E-state index contributed by atoms with van der Waals surface area (Å²) >= 11 is 0. The summed E-state index contributed by atoms with van der Waals surface area (Å²) in [6.45, 7) is 9.51. The Morgan fingerprint density at radius 1 is 1.11 bits per heavy atom. The summed E-state index contributed by atoms with van der Waals surface area (Å²) in [5.41, 5.74) is 10.7.